The van der Waals surface area contributed by atoms with Gasteiger partial charge in [0.05, 0.1) is 0 Å². The first-order chi connectivity index (χ1) is 8.56. The summed E-state index contributed by atoms with van der Waals surface area (Å²) in [6.45, 7) is 1.86. The van der Waals surface area contributed by atoms with Crippen LogP contribution in [-0.4, -0.2) is 23.0 Å². The average Bonchev–Trinajstić information content (AvgIpc) is 2.38. The zero-order valence-electron chi connectivity index (χ0n) is 10.3. The third-order valence-corrected chi connectivity index (χ3v) is 2.63. The van der Waals surface area contributed by atoms with Crippen LogP contribution in [0.1, 0.15) is 31.4 Å². The van der Waals surface area contributed by atoms with Crippen LogP contribution >= 0.6 is 0 Å². The maximum absolute atomic E-state index is 11.8. The quantitative estimate of drug-likeness (QED) is 0.703. The van der Waals surface area contributed by atoms with Gasteiger partial charge in [0.15, 0.2) is 0 Å². The van der Waals surface area contributed by atoms with Crippen molar-refractivity contribution in [2.45, 2.75) is 31.8 Å². The topological polar surface area (TPSA) is 92.4 Å². The molecule has 0 aliphatic heterocycles. The highest BCUT2D eigenvalue weighted by molar-refractivity contribution is 5.87. The van der Waals surface area contributed by atoms with E-state index in [-0.39, 0.29) is 0 Å². The van der Waals surface area contributed by atoms with Gasteiger partial charge in [-0.3, -0.25) is 4.79 Å². The molecule has 0 aromatic heterocycles. The fourth-order valence-corrected chi connectivity index (χ4v) is 1.62. The molecule has 18 heavy (non-hydrogen) atoms. The van der Waals surface area contributed by atoms with Gasteiger partial charge in [0, 0.05) is 0 Å². The molecule has 4 N–H and O–H groups in total. The summed E-state index contributed by atoms with van der Waals surface area (Å²) < 4.78 is 0. The minimum Gasteiger partial charge on any atom is -0.480 e. The molecule has 1 aromatic rings. The molecule has 0 bridgehead atoms. The van der Waals surface area contributed by atoms with Crippen molar-refractivity contribution in [1.29, 1.82) is 0 Å². The van der Waals surface area contributed by atoms with Crippen molar-refractivity contribution in [3.05, 3.63) is 35.9 Å². The van der Waals surface area contributed by atoms with E-state index in [1.165, 1.54) is 0 Å². The SMILES string of the molecule is CCC[C@H](NC(=O)C(N)c1ccccc1)C(=O)O. The van der Waals surface area contributed by atoms with Crippen LogP contribution in [-0.2, 0) is 9.59 Å². The Morgan fingerprint density at radius 3 is 2.44 bits per heavy atom. The maximum Gasteiger partial charge on any atom is 0.326 e. The molecular weight excluding hydrogens is 232 g/mol. The summed E-state index contributed by atoms with van der Waals surface area (Å²) in [4.78, 5) is 22.8. The van der Waals surface area contributed by atoms with Gasteiger partial charge >= 0.3 is 5.97 Å². The van der Waals surface area contributed by atoms with E-state index in [0.29, 0.717) is 18.4 Å². The number of aliphatic carboxylic acids is 1. The summed E-state index contributed by atoms with van der Waals surface area (Å²) in [5, 5.41) is 11.4. The van der Waals surface area contributed by atoms with E-state index >= 15 is 0 Å². The molecule has 1 amide bonds. The van der Waals surface area contributed by atoms with Crippen LogP contribution < -0.4 is 11.1 Å². The van der Waals surface area contributed by atoms with Crippen molar-refractivity contribution < 1.29 is 14.7 Å². The van der Waals surface area contributed by atoms with Gasteiger partial charge < -0.3 is 16.2 Å². The Bertz CT molecular complexity index is 406. The van der Waals surface area contributed by atoms with Gasteiger partial charge in [-0.05, 0) is 12.0 Å². The van der Waals surface area contributed by atoms with Crippen LogP contribution in [0, 0.1) is 0 Å². The molecule has 0 radical (unpaired) electrons. The molecule has 0 aliphatic carbocycles. The predicted molar refractivity (Wildman–Crippen MR) is 67.8 cm³/mol. The monoisotopic (exact) mass is 250 g/mol. The number of carbonyl (C=O) groups excluding carboxylic acids is 1. The largest absolute Gasteiger partial charge is 0.480 e. The minimum atomic E-state index is -1.04. The van der Waals surface area contributed by atoms with E-state index in [0.717, 1.165) is 0 Å². The molecule has 0 heterocycles. The highest BCUT2D eigenvalue weighted by Crippen LogP contribution is 2.10. The molecule has 5 nitrogen and oxygen atoms in total. The lowest BCUT2D eigenvalue weighted by Crippen LogP contribution is -2.44. The predicted octanol–water partition coefficient (Wildman–Crippen LogP) is 1.06. The Kier molecular flexibility index (Phi) is 5.32. The van der Waals surface area contributed by atoms with Crippen molar-refractivity contribution >= 4 is 11.9 Å². The molecule has 0 saturated carbocycles. The Balaban J connectivity index is 2.67. The Labute approximate surface area is 106 Å². The highest BCUT2D eigenvalue weighted by Gasteiger charge is 2.23. The lowest BCUT2D eigenvalue weighted by molar-refractivity contribution is -0.142. The lowest BCUT2D eigenvalue weighted by Gasteiger charge is -2.17. The van der Waals surface area contributed by atoms with E-state index in [1.807, 2.05) is 13.0 Å². The number of carboxylic acids is 1. The first-order valence-electron chi connectivity index (χ1n) is 5.90. The van der Waals surface area contributed by atoms with Crippen LogP contribution in [0.15, 0.2) is 30.3 Å². The Hall–Kier alpha value is -1.88. The number of carboxylic acid groups (broad SMARTS) is 1. The molecule has 5 heteroatoms. The van der Waals surface area contributed by atoms with Crippen LogP contribution in [0.2, 0.25) is 0 Å². The zero-order chi connectivity index (χ0) is 13.5. The summed E-state index contributed by atoms with van der Waals surface area (Å²) >= 11 is 0. The molecule has 0 saturated heterocycles. The van der Waals surface area contributed by atoms with Gasteiger partial charge in [0.25, 0.3) is 0 Å². The van der Waals surface area contributed by atoms with E-state index in [9.17, 15) is 9.59 Å². The second kappa shape index (κ2) is 6.76. The van der Waals surface area contributed by atoms with Crippen LogP contribution in [0.3, 0.4) is 0 Å². The Morgan fingerprint density at radius 1 is 1.33 bits per heavy atom. The van der Waals surface area contributed by atoms with Crippen molar-refractivity contribution in [1.82, 2.24) is 5.32 Å². The van der Waals surface area contributed by atoms with Gasteiger partial charge in [-0.2, -0.15) is 0 Å². The molecular formula is C13H18N2O3. The number of hydrogen-bond acceptors (Lipinski definition) is 3. The number of amides is 1. The molecule has 0 fully saturated rings. The third-order valence-electron chi connectivity index (χ3n) is 2.63. The van der Waals surface area contributed by atoms with Crippen LogP contribution in [0.4, 0.5) is 0 Å². The van der Waals surface area contributed by atoms with E-state index < -0.39 is 24.0 Å². The molecule has 1 aromatic carbocycles. The zero-order valence-corrected chi connectivity index (χ0v) is 10.3. The van der Waals surface area contributed by atoms with Gasteiger partial charge in [0.1, 0.15) is 12.1 Å². The maximum atomic E-state index is 11.8. The number of hydrogen-bond donors (Lipinski definition) is 3. The second-order valence-electron chi connectivity index (χ2n) is 4.08. The standard InChI is InChI=1S/C13H18N2O3/c1-2-6-10(13(17)18)15-12(16)11(14)9-7-4-3-5-8-9/h3-5,7-8,10-11H,2,6,14H2,1H3,(H,15,16)(H,17,18)/t10-,11?/m0/s1. The second-order valence-corrected chi connectivity index (χ2v) is 4.08. The molecule has 2 atom stereocenters. The van der Waals surface area contributed by atoms with Crippen molar-refractivity contribution in [2.75, 3.05) is 0 Å². The number of nitrogens with two attached hydrogens (primary N) is 1. The van der Waals surface area contributed by atoms with E-state index in [1.54, 1.807) is 24.3 Å². The highest BCUT2D eigenvalue weighted by atomic mass is 16.4. The fourth-order valence-electron chi connectivity index (χ4n) is 1.62. The Morgan fingerprint density at radius 2 is 1.94 bits per heavy atom. The van der Waals surface area contributed by atoms with Crippen LogP contribution in [0.5, 0.6) is 0 Å². The van der Waals surface area contributed by atoms with Crippen molar-refractivity contribution in [3.63, 3.8) is 0 Å². The molecule has 1 unspecified atom stereocenters. The third kappa shape index (κ3) is 3.85. The van der Waals surface area contributed by atoms with Gasteiger partial charge in [-0.15, -0.1) is 0 Å². The average molecular weight is 250 g/mol. The summed E-state index contributed by atoms with van der Waals surface area (Å²) in [5.41, 5.74) is 6.44. The van der Waals surface area contributed by atoms with Gasteiger partial charge in [-0.25, -0.2) is 4.79 Å². The molecule has 0 aliphatic rings. The van der Waals surface area contributed by atoms with Crippen LogP contribution in [0.25, 0.3) is 0 Å². The molecule has 0 spiro atoms. The molecule has 98 valence electrons. The molecule has 1 rings (SSSR count). The lowest BCUT2D eigenvalue weighted by atomic mass is 10.1. The summed E-state index contributed by atoms with van der Waals surface area (Å²) in [6.07, 6.45) is 1.07. The number of benzene rings is 1. The van der Waals surface area contributed by atoms with E-state index in [4.69, 9.17) is 10.8 Å². The van der Waals surface area contributed by atoms with E-state index in [2.05, 4.69) is 5.32 Å². The number of carbonyl (C=O) groups is 2. The van der Waals surface area contributed by atoms with Gasteiger partial charge in [-0.1, -0.05) is 43.7 Å². The first-order valence-corrected chi connectivity index (χ1v) is 5.90. The minimum absolute atomic E-state index is 0.391. The summed E-state index contributed by atoms with van der Waals surface area (Å²) in [5.74, 6) is -1.51. The number of rotatable bonds is 6. The summed E-state index contributed by atoms with van der Waals surface area (Å²) in [6, 6.07) is 7.14. The smallest absolute Gasteiger partial charge is 0.326 e. The first kappa shape index (κ1) is 14.2. The fraction of sp³-hybridized carbons (Fsp3) is 0.385. The van der Waals surface area contributed by atoms with Crippen molar-refractivity contribution in [3.8, 4) is 0 Å². The van der Waals surface area contributed by atoms with Gasteiger partial charge in [0.2, 0.25) is 5.91 Å². The van der Waals surface area contributed by atoms with Crippen molar-refractivity contribution in [2.24, 2.45) is 5.73 Å². The summed E-state index contributed by atoms with van der Waals surface area (Å²) in [7, 11) is 0. The normalized spacial score (nSPS) is 13.7. The number of nitrogens with one attached hydrogen (secondary N) is 1.